The molecular formula is C18H29NO. The molecule has 1 aliphatic heterocycles. The number of ether oxygens (including phenoxy) is 1. The van der Waals surface area contributed by atoms with E-state index in [1.54, 1.807) is 0 Å². The third-order valence-electron chi connectivity index (χ3n) is 4.22. The first-order valence-electron chi connectivity index (χ1n) is 7.92. The van der Waals surface area contributed by atoms with Gasteiger partial charge >= 0.3 is 0 Å². The Morgan fingerprint density at radius 1 is 1.25 bits per heavy atom. The lowest BCUT2D eigenvalue weighted by Crippen LogP contribution is -2.23. The van der Waals surface area contributed by atoms with E-state index in [1.807, 2.05) is 0 Å². The number of benzene rings is 1. The van der Waals surface area contributed by atoms with Crippen LogP contribution in [0.2, 0.25) is 0 Å². The summed E-state index contributed by atoms with van der Waals surface area (Å²) < 4.78 is 5.65. The maximum Gasteiger partial charge on any atom is 0.0588 e. The van der Waals surface area contributed by atoms with E-state index >= 15 is 0 Å². The highest BCUT2D eigenvalue weighted by Crippen LogP contribution is 2.24. The maximum absolute atomic E-state index is 5.65. The fourth-order valence-corrected chi connectivity index (χ4v) is 2.72. The Bertz CT molecular complexity index is 398. The van der Waals surface area contributed by atoms with Crippen LogP contribution in [-0.4, -0.2) is 19.3 Å². The average molecular weight is 275 g/mol. The summed E-state index contributed by atoms with van der Waals surface area (Å²) in [7, 11) is 0. The van der Waals surface area contributed by atoms with E-state index < -0.39 is 0 Å². The first-order chi connectivity index (χ1) is 9.47. The molecule has 2 atom stereocenters. The molecule has 2 heteroatoms. The van der Waals surface area contributed by atoms with Crippen LogP contribution < -0.4 is 5.32 Å². The Kier molecular flexibility index (Phi) is 5.22. The highest BCUT2D eigenvalue weighted by atomic mass is 16.5. The van der Waals surface area contributed by atoms with Gasteiger partial charge < -0.3 is 10.1 Å². The summed E-state index contributed by atoms with van der Waals surface area (Å²) in [6.45, 7) is 11.0. The number of nitrogens with one attached hydrogen (secondary N) is 1. The molecule has 0 aliphatic carbocycles. The molecule has 2 rings (SSSR count). The van der Waals surface area contributed by atoms with Crippen molar-refractivity contribution in [3.05, 3.63) is 35.4 Å². The smallest absolute Gasteiger partial charge is 0.0588 e. The first-order valence-corrected chi connectivity index (χ1v) is 7.92. The van der Waals surface area contributed by atoms with Crippen LogP contribution in [0.1, 0.15) is 64.1 Å². The van der Waals surface area contributed by atoms with Gasteiger partial charge in [-0.15, -0.1) is 0 Å². The van der Waals surface area contributed by atoms with Gasteiger partial charge in [0.1, 0.15) is 0 Å². The van der Waals surface area contributed by atoms with E-state index in [4.69, 9.17) is 4.74 Å². The van der Waals surface area contributed by atoms with Crippen LogP contribution in [0.15, 0.2) is 24.3 Å². The molecule has 0 spiro atoms. The van der Waals surface area contributed by atoms with Crippen LogP contribution in [0, 0.1) is 0 Å². The summed E-state index contributed by atoms with van der Waals surface area (Å²) in [4.78, 5) is 0. The van der Waals surface area contributed by atoms with Crippen LogP contribution >= 0.6 is 0 Å². The molecule has 112 valence electrons. The van der Waals surface area contributed by atoms with Crippen LogP contribution in [0.3, 0.4) is 0 Å². The molecule has 0 radical (unpaired) electrons. The van der Waals surface area contributed by atoms with Crippen molar-refractivity contribution in [2.75, 3.05) is 13.2 Å². The molecule has 20 heavy (non-hydrogen) atoms. The molecule has 2 nitrogen and oxygen atoms in total. The normalized spacial score (nSPS) is 21.1. The lowest BCUT2D eigenvalue weighted by atomic mass is 9.86. The average Bonchev–Trinajstić information content (AvgIpc) is 2.91. The predicted octanol–water partition coefficient (Wildman–Crippen LogP) is 4.20. The van der Waals surface area contributed by atoms with Gasteiger partial charge in [0.25, 0.3) is 0 Å². The highest BCUT2D eigenvalue weighted by molar-refractivity contribution is 5.28. The molecule has 1 aromatic carbocycles. The summed E-state index contributed by atoms with van der Waals surface area (Å²) in [5.74, 6) is 0. The third kappa shape index (κ3) is 4.32. The van der Waals surface area contributed by atoms with Crippen molar-refractivity contribution >= 4 is 0 Å². The largest absolute Gasteiger partial charge is 0.378 e. The zero-order valence-corrected chi connectivity index (χ0v) is 13.4. The lowest BCUT2D eigenvalue weighted by molar-refractivity contribution is 0.103. The molecule has 0 saturated carbocycles. The van der Waals surface area contributed by atoms with Gasteiger partial charge in [-0.2, -0.15) is 0 Å². The monoisotopic (exact) mass is 275 g/mol. The molecular weight excluding hydrogens is 246 g/mol. The summed E-state index contributed by atoms with van der Waals surface area (Å²) in [6, 6.07) is 9.43. The predicted molar refractivity (Wildman–Crippen MR) is 85.2 cm³/mol. The topological polar surface area (TPSA) is 21.3 Å². The first kappa shape index (κ1) is 15.5. The second-order valence-corrected chi connectivity index (χ2v) is 6.97. The van der Waals surface area contributed by atoms with Crippen molar-refractivity contribution in [1.29, 1.82) is 0 Å². The van der Waals surface area contributed by atoms with E-state index in [-0.39, 0.29) is 5.41 Å². The molecule has 1 aliphatic rings. The molecule has 1 aromatic rings. The van der Waals surface area contributed by atoms with Crippen molar-refractivity contribution in [2.24, 2.45) is 0 Å². The summed E-state index contributed by atoms with van der Waals surface area (Å²) >= 11 is 0. The number of hydrogen-bond donors (Lipinski definition) is 1. The minimum atomic E-state index is 0.231. The second-order valence-electron chi connectivity index (χ2n) is 6.97. The second kappa shape index (κ2) is 6.73. The van der Waals surface area contributed by atoms with Gasteiger partial charge in [-0.3, -0.25) is 0 Å². The molecule has 2 unspecified atom stereocenters. The van der Waals surface area contributed by atoms with Gasteiger partial charge in [-0.05, 0) is 49.3 Å². The number of rotatable bonds is 5. The summed E-state index contributed by atoms with van der Waals surface area (Å²) in [6.07, 6.45) is 4.08. The van der Waals surface area contributed by atoms with Crippen LogP contribution in [0.25, 0.3) is 0 Å². The van der Waals surface area contributed by atoms with Gasteiger partial charge in [0.15, 0.2) is 0 Å². The summed E-state index contributed by atoms with van der Waals surface area (Å²) in [5.41, 5.74) is 2.99. The standard InChI is InChI=1S/C18H29NO/c1-14(19-12-11-17-6-5-13-20-17)15-7-9-16(10-8-15)18(2,3)4/h7-10,14,17,19H,5-6,11-13H2,1-4H3. The molecule has 0 bridgehead atoms. The molecule has 1 fully saturated rings. The quantitative estimate of drug-likeness (QED) is 0.869. The lowest BCUT2D eigenvalue weighted by Gasteiger charge is -2.21. The molecule has 0 aromatic heterocycles. The highest BCUT2D eigenvalue weighted by Gasteiger charge is 2.16. The van der Waals surface area contributed by atoms with Crippen molar-refractivity contribution < 1.29 is 4.74 Å². The van der Waals surface area contributed by atoms with Crippen molar-refractivity contribution in [3.63, 3.8) is 0 Å². The van der Waals surface area contributed by atoms with E-state index in [2.05, 4.69) is 57.3 Å². The Morgan fingerprint density at radius 3 is 2.50 bits per heavy atom. The van der Waals surface area contributed by atoms with Crippen molar-refractivity contribution in [3.8, 4) is 0 Å². The van der Waals surface area contributed by atoms with Gasteiger partial charge in [-0.25, -0.2) is 0 Å². The molecule has 0 amide bonds. The Labute approximate surface area is 123 Å². The SMILES string of the molecule is CC(NCCC1CCCO1)c1ccc(C(C)(C)C)cc1. The zero-order chi connectivity index (χ0) is 14.6. The Balaban J connectivity index is 1.81. The van der Waals surface area contributed by atoms with Crippen molar-refractivity contribution in [2.45, 2.75) is 64.5 Å². The minimum absolute atomic E-state index is 0.231. The van der Waals surface area contributed by atoms with Crippen molar-refractivity contribution in [1.82, 2.24) is 5.32 Å². The van der Waals surface area contributed by atoms with Gasteiger partial charge in [-0.1, -0.05) is 45.0 Å². The van der Waals surface area contributed by atoms with E-state index in [9.17, 15) is 0 Å². The van der Waals surface area contributed by atoms with Gasteiger partial charge in [0, 0.05) is 12.6 Å². The fourth-order valence-electron chi connectivity index (χ4n) is 2.72. The maximum atomic E-state index is 5.65. The van der Waals surface area contributed by atoms with Gasteiger partial charge in [0.2, 0.25) is 0 Å². The van der Waals surface area contributed by atoms with E-state index in [0.717, 1.165) is 19.6 Å². The summed E-state index contributed by atoms with van der Waals surface area (Å²) in [5, 5.41) is 3.60. The van der Waals surface area contributed by atoms with Gasteiger partial charge in [0.05, 0.1) is 6.10 Å². The van der Waals surface area contributed by atoms with Crippen LogP contribution in [-0.2, 0) is 10.2 Å². The number of hydrogen-bond acceptors (Lipinski definition) is 2. The van der Waals surface area contributed by atoms with E-state index in [0.29, 0.717) is 12.1 Å². The molecule has 1 heterocycles. The van der Waals surface area contributed by atoms with Crippen LogP contribution in [0.5, 0.6) is 0 Å². The minimum Gasteiger partial charge on any atom is -0.378 e. The van der Waals surface area contributed by atoms with Crippen LogP contribution in [0.4, 0.5) is 0 Å². The fraction of sp³-hybridized carbons (Fsp3) is 0.667. The molecule has 1 N–H and O–H groups in total. The molecule has 1 saturated heterocycles. The Morgan fingerprint density at radius 2 is 1.95 bits per heavy atom. The zero-order valence-electron chi connectivity index (χ0n) is 13.4. The Hall–Kier alpha value is -0.860. The third-order valence-corrected chi connectivity index (χ3v) is 4.22. The van der Waals surface area contributed by atoms with E-state index in [1.165, 1.54) is 24.0 Å².